The lowest BCUT2D eigenvalue weighted by atomic mass is 9.77. The second-order valence-electron chi connectivity index (χ2n) is 9.44. The van der Waals surface area contributed by atoms with Crippen LogP contribution in [0.5, 0.6) is 11.5 Å². The third-order valence-electron chi connectivity index (χ3n) is 7.55. The van der Waals surface area contributed by atoms with Crippen LogP contribution in [0, 0.1) is 18.8 Å². The van der Waals surface area contributed by atoms with Crippen LogP contribution in [-0.4, -0.2) is 43.2 Å². The van der Waals surface area contributed by atoms with E-state index in [0.717, 1.165) is 10.5 Å². The summed E-state index contributed by atoms with van der Waals surface area (Å²) >= 11 is 0. The molecule has 3 aromatic rings. The number of nitrogens with zero attached hydrogens (tertiary/aromatic N) is 1. The maximum atomic E-state index is 14.0. The number of amides is 2. The van der Waals surface area contributed by atoms with Crippen LogP contribution in [0.3, 0.4) is 0 Å². The molecule has 1 spiro atoms. The molecule has 2 fully saturated rings. The van der Waals surface area contributed by atoms with Gasteiger partial charge in [0, 0.05) is 17.2 Å². The van der Waals surface area contributed by atoms with E-state index < -0.39 is 46.9 Å². The summed E-state index contributed by atoms with van der Waals surface area (Å²) in [4.78, 5) is 56.7. The number of carbonyl (C=O) groups is 4. The Morgan fingerprint density at radius 2 is 1.41 bits per heavy atom. The second-order valence-corrected chi connectivity index (χ2v) is 9.44. The Labute approximate surface area is 212 Å². The van der Waals surface area contributed by atoms with E-state index in [1.807, 2.05) is 19.1 Å². The normalized spacial score (nSPS) is 23.5. The number of anilines is 1. The lowest BCUT2D eigenvalue weighted by Gasteiger charge is -2.27. The van der Waals surface area contributed by atoms with Crippen LogP contribution >= 0.6 is 0 Å². The van der Waals surface area contributed by atoms with Crippen LogP contribution in [0.2, 0.25) is 0 Å². The molecule has 8 heteroatoms. The van der Waals surface area contributed by atoms with Crippen LogP contribution in [0.4, 0.5) is 5.69 Å². The molecule has 2 saturated heterocycles. The summed E-state index contributed by atoms with van der Waals surface area (Å²) in [5.74, 6) is -4.00. The van der Waals surface area contributed by atoms with Crippen molar-refractivity contribution < 1.29 is 33.4 Å². The van der Waals surface area contributed by atoms with Gasteiger partial charge in [-0.2, -0.15) is 0 Å². The largest absolute Gasteiger partial charge is 0.493 e. The predicted octanol–water partition coefficient (Wildman–Crippen LogP) is 3.71. The molecule has 2 amide bonds. The van der Waals surface area contributed by atoms with E-state index in [1.165, 1.54) is 20.3 Å². The van der Waals surface area contributed by atoms with E-state index in [-0.39, 0.29) is 16.8 Å². The zero-order valence-electron chi connectivity index (χ0n) is 20.4. The topological polar surface area (TPSA) is 99.2 Å². The van der Waals surface area contributed by atoms with E-state index in [2.05, 4.69) is 0 Å². The maximum absolute atomic E-state index is 14.0. The SMILES string of the molecule is COc1ccc(N2C(=O)C3C(c4ccc(C)cc4)OC4(C(=O)c5ccccc5C4=O)C3C2=O)cc1OC. The summed E-state index contributed by atoms with van der Waals surface area (Å²) in [6.45, 7) is 1.92. The molecular formula is C29H23NO7. The van der Waals surface area contributed by atoms with Crippen LogP contribution in [0.15, 0.2) is 66.7 Å². The summed E-state index contributed by atoms with van der Waals surface area (Å²) in [7, 11) is 2.93. The van der Waals surface area contributed by atoms with Gasteiger partial charge in [-0.15, -0.1) is 0 Å². The summed E-state index contributed by atoms with van der Waals surface area (Å²) < 4.78 is 17.0. The first-order valence-corrected chi connectivity index (χ1v) is 11.9. The smallest absolute Gasteiger partial charge is 0.241 e. The fourth-order valence-corrected chi connectivity index (χ4v) is 5.79. The van der Waals surface area contributed by atoms with Gasteiger partial charge in [0.15, 0.2) is 11.5 Å². The van der Waals surface area contributed by atoms with Crippen molar-refractivity contribution in [3.05, 3.63) is 89.0 Å². The van der Waals surface area contributed by atoms with E-state index >= 15 is 0 Å². The number of methoxy groups -OCH3 is 2. The Bertz CT molecular complexity index is 1460. The molecule has 8 nitrogen and oxygen atoms in total. The highest BCUT2D eigenvalue weighted by molar-refractivity contribution is 6.37. The van der Waals surface area contributed by atoms with Crippen LogP contribution in [0.25, 0.3) is 0 Å². The van der Waals surface area contributed by atoms with Crippen LogP contribution in [0.1, 0.15) is 37.9 Å². The van der Waals surface area contributed by atoms with Gasteiger partial charge < -0.3 is 14.2 Å². The molecule has 0 bridgehead atoms. The number of rotatable bonds is 4. The van der Waals surface area contributed by atoms with Gasteiger partial charge in [-0.05, 0) is 24.6 Å². The molecule has 6 rings (SSSR count). The Balaban J connectivity index is 1.52. The number of imide groups is 1. The fraction of sp³-hybridized carbons (Fsp3) is 0.241. The minimum atomic E-state index is -2.11. The third-order valence-corrected chi connectivity index (χ3v) is 7.55. The molecule has 3 unspecified atom stereocenters. The predicted molar refractivity (Wildman–Crippen MR) is 132 cm³/mol. The summed E-state index contributed by atoms with van der Waals surface area (Å²) in [5.41, 5.74) is 0.150. The van der Waals surface area contributed by atoms with Crippen molar-refractivity contribution >= 4 is 29.1 Å². The molecular weight excluding hydrogens is 474 g/mol. The quantitative estimate of drug-likeness (QED) is 0.400. The number of ketones is 2. The number of hydrogen-bond acceptors (Lipinski definition) is 7. The van der Waals surface area contributed by atoms with E-state index in [0.29, 0.717) is 17.1 Å². The van der Waals surface area contributed by atoms with Gasteiger partial charge in [-0.3, -0.25) is 19.2 Å². The standard InChI is InChI=1S/C29H23NO7/c1-15-8-10-16(11-9-15)24-22-23(29(37-24)25(31)18-6-4-5-7-19(18)26(29)32)28(34)30(27(22)33)17-12-13-20(35-2)21(14-17)36-3/h4-14,22-24H,1-3H3. The Morgan fingerprint density at radius 3 is 2.00 bits per heavy atom. The van der Waals surface area contributed by atoms with Crippen molar-refractivity contribution in [3.63, 3.8) is 0 Å². The molecule has 2 heterocycles. The first-order valence-electron chi connectivity index (χ1n) is 11.9. The number of fused-ring (bicyclic) bond motifs is 3. The van der Waals surface area contributed by atoms with Crippen molar-refractivity contribution in [1.82, 2.24) is 0 Å². The summed E-state index contributed by atoms with van der Waals surface area (Å²) in [6.07, 6.45) is -0.964. The highest BCUT2D eigenvalue weighted by Crippen LogP contribution is 2.57. The fourth-order valence-electron chi connectivity index (χ4n) is 5.79. The van der Waals surface area contributed by atoms with Crippen molar-refractivity contribution in [3.8, 4) is 11.5 Å². The lowest BCUT2D eigenvalue weighted by molar-refractivity contribution is -0.127. The van der Waals surface area contributed by atoms with Gasteiger partial charge in [0.05, 0.1) is 37.8 Å². The van der Waals surface area contributed by atoms with E-state index in [4.69, 9.17) is 14.2 Å². The van der Waals surface area contributed by atoms with Gasteiger partial charge >= 0.3 is 0 Å². The third kappa shape index (κ3) is 2.99. The minimum absolute atomic E-state index is 0.195. The average Bonchev–Trinajstić information content (AvgIpc) is 3.48. The zero-order valence-corrected chi connectivity index (χ0v) is 20.4. The highest BCUT2D eigenvalue weighted by atomic mass is 16.5. The molecule has 1 aliphatic carbocycles. The monoisotopic (exact) mass is 497 g/mol. The van der Waals surface area contributed by atoms with Crippen molar-refractivity contribution in [1.29, 1.82) is 0 Å². The van der Waals surface area contributed by atoms with E-state index in [9.17, 15) is 19.2 Å². The average molecular weight is 498 g/mol. The molecule has 0 aromatic heterocycles. The summed E-state index contributed by atoms with van der Waals surface area (Å²) in [5, 5.41) is 0. The highest BCUT2D eigenvalue weighted by Gasteiger charge is 2.74. The number of ether oxygens (including phenoxy) is 3. The molecule has 3 aliphatic rings. The van der Waals surface area contributed by atoms with E-state index in [1.54, 1.807) is 48.5 Å². The minimum Gasteiger partial charge on any atom is -0.493 e. The van der Waals surface area contributed by atoms with Gasteiger partial charge in [0.2, 0.25) is 29.0 Å². The molecule has 37 heavy (non-hydrogen) atoms. The zero-order chi connectivity index (χ0) is 26.1. The van der Waals surface area contributed by atoms with Crippen LogP contribution < -0.4 is 14.4 Å². The second kappa shape index (κ2) is 8.11. The van der Waals surface area contributed by atoms with Gasteiger partial charge in [-0.25, -0.2) is 4.90 Å². The number of benzene rings is 3. The molecule has 3 aromatic carbocycles. The molecule has 186 valence electrons. The Morgan fingerprint density at radius 1 is 0.784 bits per heavy atom. The van der Waals surface area contributed by atoms with Crippen molar-refractivity contribution in [2.75, 3.05) is 19.1 Å². The number of Topliss-reactive ketones (excluding diaryl/α,β-unsaturated/α-hetero) is 2. The first-order chi connectivity index (χ1) is 17.8. The van der Waals surface area contributed by atoms with Crippen LogP contribution in [-0.2, 0) is 14.3 Å². The molecule has 2 aliphatic heterocycles. The van der Waals surface area contributed by atoms with Crippen molar-refractivity contribution in [2.24, 2.45) is 11.8 Å². The summed E-state index contributed by atoms with van der Waals surface area (Å²) in [6, 6.07) is 18.4. The molecule has 0 saturated carbocycles. The Kier molecular flexibility index (Phi) is 5.07. The van der Waals surface area contributed by atoms with Crippen molar-refractivity contribution in [2.45, 2.75) is 18.6 Å². The first kappa shape index (κ1) is 23.1. The number of aryl methyl sites for hydroxylation is 1. The number of carbonyl (C=O) groups excluding carboxylic acids is 4. The van der Waals surface area contributed by atoms with Gasteiger partial charge in [0.1, 0.15) is 0 Å². The molecule has 3 atom stereocenters. The van der Waals surface area contributed by atoms with Gasteiger partial charge in [0.25, 0.3) is 0 Å². The molecule has 0 radical (unpaired) electrons. The molecule has 0 N–H and O–H groups in total. The number of hydrogen-bond donors (Lipinski definition) is 0. The maximum Gasteiger partial charge on any atom is 0.241 e. The van der Waals surface area contributed by atoms with Gasteiger partial charge in [-0.1, -0.05) is 54.1 Å². The Hall–Kier alpha value is -4.30. The lowest BCUT2D eigenvalue weighted by Crippen LogP contribution is -2.51.